The molecule has 0 bridgehead atoms. The number of rotatable bonds is 1. The third kappa shape index (κ3) is 2.97. The van der Waals surface area contributed by atoms with Gasteiger partial charge in [-0.15, -0.1) is 11.5 Å². The van der Waals surface area contributed by atoms with Crippen molar-refractivity contribution in [2.24, 2.45) is 0 Å². The van der Waals surface area contributed by atoms with Crippen LogP contribution in [0.1, 0.15) is 25.7 Å². The fourth-order valence-electron chi connectivity index (χ4n) is 1.56. The normalized spacial score (nSPS) is 27.3. The van der Waals surface area contributed by atoms with E-state index in [1.54, 1.807) is 0 Å². The Morgan fingerprint density at radius 2 is 2.14 bits per heavy atom. The highest BCUT2D eigenvalue weighted by Gasteiger charge is 2.38. The molecule has 1 N–H and O–H groups in total. The van der Waals surface area contributed by atoms with Crippen LogP contribution in [0.5, 0.6) is 0 Å². The summed E-state index contributed by atoms with van der Waals surface area (Å²) >= 11 is 0. The van der Waals surface area contributed by atoms with Crippen molar-refractivity contribution >= 4 is 13.9 Å². The first-order valence-electron chi connectivity index (χ1n) is 5.09. The minimum absolute atomic E-state index is 0.0256. The van der Waals surface area contributed by atoms with Gasteiger partial charge in [-0.25, -0.2) is 0 Å². The maximum Gasteiger partial charge on any atom is 0.165 e. The van der Waals surface area contributed by atoms with Gasteiger partial charge in [-0.2, -0.15) is 0 Å². The van der Waals surface area contributed by atoms with E-state index in [9.17, 15) is 9.90 Å². The summed E-state index contributed by atoms with van der Waals surface area (Å²) < 4.78 is 0. The smallest absolute Gasteiger partial charge is 0.165 e. The lowest BCUT2D eigenvalue weighted by atomic mass is 9.98. The van der Waals surface area contributed by atoms with Crippen molar-refractivity contribution in [2.75, 3.05) is 0 Å². The number of carbonyl (C=O) groups excluding carboxylic acids is 1. The number of aliphatic hydroxyl groups is 1. The van der Waals surface area contributed by atoms with Gasteiger partial charge in [0.25, 0.3) is 0 Å². The van der Waals surface area contributed by atoms with Gasteiger partial charge in [-0.1, -0.05) is 19.6 Å². The van der Waals surface area contributed by atoms with Crippen LogP contribution in [-0.4, -0.2) is 24.6 Å². The Morgan fingerprint density at radius 3 is 2.57 bits per heavy atom. The van der Waals surface area contributed by atoms with E-state index < -0.39 is 13.7 Å². The lowest BCUT2D eigenvalue weighted by Gasteiger charge is -2.16. The molecular weight excluding hydrogens is 192 g/mol. The first kappa shape index (κ1) is 11.5. The Labute approximate surface area is 86.7 Å². The summed E-state index contributed by atoms with van der Waals surface area (Å²) in [5.74, 6) is 2.95. The second-order valence-corrected chi connectivity index (χ2v) is 9.79. The van der Waals surface area contributed by atoms with E-state index in [-0.39, 0.29) is 5.78 Å². The minimum atomic E-state index is -1.37. The Bertz CT molecular complexity index is 293. The molecule has 0 aliphatic heterocycles. The van der Waals surface area contributed by atoms with E-state index in [0.29, 0.717) is 19.3 Å². The predicted octanol–water partition coefficient (Wildman–Crippen LogP) is 1.74. The van der Waals surface area contributed by atoms with Gasteiger partial charge < -0.3 is 5.11 Å². The maximum absolute atomic E-state index is 11.3. The van der Waals surface area contributed by atoms with Crippen LogP contribution in [0.2, 0.25) is 19.6 Å². The van der Waals surface area contributed by atoms with E-state index >= 15 is 0 Å². The summed E-state index contributed by atoms with van der Waals surface area (Å²) in [6, 6.07) is 0. The van der Waals surface area contributed by atoms with Crippen molar-refractivity contribution in [1.29, 1.82) is 0 Å². The second-order valence-electron chi connectivity index (χ2n) is 5.04. The summed E-state index contributed by atoms with van der Waals surface area (Å²) in [5.41, 5.74) is 2.05. The first-order chi connectivity index (χ1) is 6.33. The molecule has 0 aromatic heterocycles. The van der Waals surface area contributed by atoms with E-state index in [4.69, 9.17) is 0 Å². The third-order valence-electron chi connectivity index (χ3n) is 2.36. The summed E-state index contributed by atoms with van der Waals surface area (Å²) in [5, 5.41) is 9.92. The van der Waals surface area contributed by atoms with Gasteiger partial charge in [0.2, 0.25) is 0 Å². The standard InChI is InChI=1S/C11H18O2Si/c1-14(2,3)9-5-8-11(13)7-4-6-10(11)12/h13H,4,6-8H2,1-3H3/t11-/m1/s1. The number of Topliss-reactive ketones (excluding diaryl/α,β-unsaturated/α-hetero) is 1. The molecule has 1 aliphatic rings. The average molecular weight is 210 g/mol. The highest BCUT2D eigenvalue weighted by atomic mass is 28.3. The Kier molecular flexibility index (Phi) is 3.18. The molecule has 0 aromatic rings. The number of carbonyl (C=O) groups is 1. The van der Waals surface area contributed by atoms with Crippen LogP contribution >= 0.6 is 0 Å². The largest absolute Gasteiger partial charge is 0.381 e. The van der Waals surface area contributed by atoms with Crippen molar-refractivity contribution in [3.63, 3.8) is 0 Å². The van der Waals surface area contributed by atoms with Crippen molar-refractivity contribution in [3.8, 4) is 11.5 Å². The van der Waals surface area contributed by atoms with Gasteiger partial charge in [-0.05, 0) is 12.8 Å². The maximum atomic E-state index is 11.3. The molecule has 1 fully saturated rings. The summed E-state index contributed by atoms with van der Waals surface area (Å²) in [6.07, 6.45) is 2.25. The van der Waals surface area contributed by atoms with Crippen molar-refractivity contribution in [3.05, 3.63) is 0 Å². The molecule has 1 aliphatic carbocycles. The summed E-state index contributed by atoms with van der Waals surface area (Å²) in [6.45, 7) is 6.46. The monoisotopic (exact) mass is 210 g/mol. The molecule has 3 heteroatoms. The molecule has 1 atom stereocenters. The molecule has 0 spiro atoms. The number of ketones is 1. The fourth-order valence-corrected chi connectivity index (χ4v) is 2.17. The Morgan fingerprint density at radius 1 is 1.50 bits per heavy atom. The van der Waals surface area contributed by atoms with E-state index in [1.165, 1.54) is 0 Å². The van der Waals surface area contributed by atoms with E-state index in [1.807, 2.05) is 0 Å². The summed E-state index contributed by atoms with van der Waals surface area (Å²) in [4.78, 5) is 11.3. The van der Waals surface area contributed by atoms with Gasteiger partial charge in [0.15, 0.2) is 5.78 Å². The zero-order valence-corrected chi connectivity index (χ0v) is 10.2. The quantitative estimate of drug-likeness (QED) is 0.529. The average Bonchev–Trinajstić information content (AvgIpc) is 2.30. The lowest BCUT2D eigenvalue weighted by Crippen LogP contribution is -2.32. The molecule has 1 saturated carbocycles. The van der Waals surface area contributed by atoms with Gasteiger partial charge in [0, 0.05) is 12.8 Å². The second kappa shape index (κ2) is 3.88. The molecule has 0 amide bonds. The van der Waals surface area contributed by atoms with Crippen LogP contribution in [-0.2, 0) is 4.79 Å². The minimum Gasteiger partial charge on any atom is -0.381 e. The SMILES string of the molecule is C[Si](C)(C)C#CC[C@]1(O)CCCC1=O. The first-order valence-corrected chi connectivity index (χ1v) is 8.59. The number of hydrogen-bond donors (Lipinski definition) is 1. The van der Waals surface area contributed by atoms with E-state index in [2.05, 4.69) is 31.1 Å². The van der Waals surface area contributed by atoms with Crippen LogP contribution in [0.4, 0.5) is 0 Å². The van der Waals surface area contributed by atoms with Crippen LogP contribution in [0.25, 0.3) is 0 Å². The highest BCUT2D eigenvalue weighted by molar-refractivity contribution is 6.83. The predicted molar refractivity (Wildman–Crippen MR) is 59.5 cm³/mol. The van der Waals surface area contributed by atoms with Crippen LogP contribution in [0.3, 0.4) is 0 Å². The molecule has 0 unspecified atom stereocenters. The van der Waals surface area contributed by atoms with Gasteiger partial charge in [0.05, 0.1) is 0 Å². The highest BCUT2D eigenvalue weighted by Crippen LogP contribution is 2.28. The van der Waals surface area contributed by atoms with Crippen LogP contribution in [0, 0.1) is 11.5 Å². The topological polar surface area (TPSA) is 37.3 Å². The molecule has 14 heavy (non-hydrogen) atoms. The molecule has 0 heterocycles. The number of hydrogen-bond acceptors (Lipinski definition) is 2. The molecule has 0 saturated heterocycles. The Balaban J connectivity index is 2.59. The molecule has 78 valence electrons. The van der Waals surface area contributed by atoms with Crippen molar-refractivity contribution < 1.29 is 9.90 Å². The third-order valence-corrected chi connectivity index (χ3v) is 3.28. The van der Waals surface area contributed by atoms with E-state index in [0.717, 1.165) is 6.42 Å². The van der Waals surface area contributed by atoms with Gasteiger partial charge in [0.1, 0.15) is 13.7 Å². The Hall–Kier alpha value is -0.593. The molecule has 0 radical (unpaired) electrons. The molecular formula is C11H18O2Si. The van der Waals surface area contributed by atoms with Crippen LogP contribution in [0.15, 0.2) is 0 Å². The zero-order chi connectivity index (χ0) is 10.8. The van der Waals surface area contributed by atoms with Crippen molar-refractivity contribution in [1.82, 2.24) is 0 Å². The molecule has 2 nitrogen and oxygen atoms in total. The lowest BCUT2D eigenvalue weighted by molar-refractivity contribution is -0.132. The van der Waals surface area contributed by atoms with Gasteiger partial charge >= 0.3 is 0 Å². The van der Waals surface area contributed by atoms with Crippen LogP contribution < -0.4 is 0 Å². The fraction of sp³-hybridized carbons (Fsp3) is 0.727. The molecule has 1 rings (SSSR count). The summed E-state index contributed by atoms with van der Waals surface area (Å²) in [7, 11) is -1.37. The zero-order valence-electron chi connectivity index (χ0n) is 9.18. The van der Waals surface area contributed by atoms with Gasteiger partial charge in [-0.3, -0.25) is 4.79 Å². The van der Waals surface area contributed by atoms with Crippen molar-refractivity contribution in [2.45, 2.75) is 50.9 Å². The molecule has 0 aromatic carbocycles.